The number of sulfone groups is 1. The van der Waals surface area contributed by atoms with Crippen molar-refractivity contribution in [1.29, 1.82) is 0 Å². The molecule has 3 N–H and O–H groups in total. The minimum Gasteiger partial charge on any atom is -0.396 e. The van der Waals surface area contributed by atoms with E-state index in [2.05, 4.69) is 10.3 Å². The molecule has 1 saturated heterocycles. The number of aromatic nitrogens is 1. The van der Waals surface area contributed by atoms with Crippen LogP contribution in [0.2, 0.25) is 0 Å². The molecule has 1 amide bonds. The first-order valence-corrected chi connectivity index (χ1v) is 9.24. The maximum atomic E-state index is 12.3. The van der Waals surface area contributed by atoms with E-state index in [1.165, 1.54) is 11.3 Å². The molecule has 0 saturated carbocycles. The van der Waals surface area contributed by atoms with Crippen LogP contribution in [-0.4, -0.2) is 36.9 Å². The van der Waals surface area contributed by atoms with Crippen LogP contribution >= 0.6 is 11.3 Å². The second kappa shape index (κ2) is 5.27. The summed E-state index contributed by atoms with van der Waals surface area (Å²) in [6, 6.07) is 3.55. The van der Waals surface area contributed by atoms with Crippen molar-refractivity contribution in [2.45, 2.75) is 18.9 Å². The Balaban J connectivity index is 1.77. The summed E-state index contributed by atoms with van der Waals surface area (Å²) in [7, 11) is -2.93. The number of pyridine rings is 1. The third-order valence-electron chi connectivity index (χ3n) is 3.58. The highest BCUT2D eigenvalue weighted by Crippen LogP contribution is 2.31. The number of thiophene rings is 1. The average Bonchev–Trinajstić information content (AvgIpc) is 2.79. The largest absolute Gasteiger partial charge is 0.396 e. The zero-order valence-corrected chi connectivity index (χ0v) is 12.8. The number of hydrogen-bond acceptors (Lipinski definition) is 6. The van der Waals surface area contributed by atoms with Crippen molar-refractivity contribution in [3.05, 3.63) is 23.2 Å². The topological polar surface area (TPSA) is 102 Å². The molecule has 112 valence electrons. The number of nitrogens with two attached hydrogens (primary N) is 1. The minimum atomic E-state index is -2.93. The van der Waals surface area contributed by atoms with E-state index in [-0.39, 0.29) is 23.5 Å². The molecule has 1 aliphatic rings. The van der Waals surface area contributed by atoms with Crippen molar-refractivity contribution in [3.8, 4) is 0 Å². The number of carbonyl (C=O) groups is 1. The second-order valence-electron chi connectivity index (χ2n) is 5.09. The predicted molar refractivity (Wildman–Crippen MR) is 83.2 cm³/mol. The Morgan fingerprint density at radius 3 is 2.76 bits per heavy atom. The van der Waals surface area contributed by atoms with Gasteiger partial charge in [0.05, 0.1) is 21.9 Å². The Hall–Kier alpha value is -1.67. The minimum absolute atomic E-state index is 0.112. The number of rotatable bonds is 2. The molecule has 2 aromatic heterocycles. The Morgan fingerprint density at radius 1 is 1.38 bits per heavy atom. The number of nitrogens with one attached hydrogen (secondary N) is 1. The molecule has 0 radical (unpaired) electrons. The van der Waals surface area contributed by atoms with E-state index < -0.39 is 9.84 Å². The SMILES string of the molecule is Nc1c(C(=O)NC2CCS(=O)(=O)CC2)sc2cccnc12. The van der Waals surface area contributed by atoms with E-state index in [1.807, 2.05) is 6.07 Å². The summed E-state index contributed by atoms with van der Waals surface area (Å²) in [6.45, 7) is 0. The Kier molecular flexibility index (Phi) is 3.58. The molecule has 0 bridgehead atoms. The number of fused-ring (bicyclic) bond motifs is 1. The number of carbonyl (C=O) groups excluding carboxylic acids is 1. The van der Waals surface area contributed by atoms with Crippen molar-refractivity contribution in [2.24, 2.45) is 0 Å². The molecule has 0 atom stereocenters. The molecule has 3 heterocycles. The van der Waals surface area contributed by atoms with Gasteiger partial charge in [-0.15, -0.1) is 11.3 Å². The monoisotopic (exact) mass is 325 g/mol. The maximum absolute atomic E-state index is 12.3. The van der Waals surface area contributed by atoms with E-state index in [0.29, 0.717) is 28.9 Å². The number of anilines is 1. The first kappa shape index (κ1) is 14.3. The molecule has 21 heavy (non-hydrogen) atoms. The van der Waals surface area contributed by atoms with Gasteiger partial charge in [-0.25, -0.2) is 8.42 Å². The van der Waals surface area contributed by atoms with Crippen molar-refractivity contribution in [2.75, 3.05) is 17.2 Å². The van der Waals surface area contributed by atoms with E-state index in [1.54, 1.807) is 12.3 Å². The first-order chi connectivity index (χ1) is 9.96. The van der Waals surface area contributed by atoms with E-state index in [9.17, 15) is 13.2 Å². The van der Waals surface area contributed by atoms with Gasteiger partial charge in [0, 0.05) is 12.2 Å². The van der Waals surface area contributed by atoms with Gasteiger partial charge < -0.3 is 11.1 Å². The smallest absolute Gasteiger partial charge is 0.263 e. The fourth-order valence-corrected chi connectivity index (χ4v) is 4.88. The highest BCUT2D eigenvalue weighted by molar-refractivity contribution is 7.91. The first-order valence-electron chi connectivity index (χ1n) is 6.60. The molecule has 2 aromatic rings. The van der Waals surface area contributed by atoms with E-state index in [4.69, 9.17) is 5.73 Å². The number of nitrogen functional groups attached to an aromatic ring is 1. The van der Waals surface area contributed by atoms with Crippen LogP contribution in [0.15, 0.2) is 18.3 Å². The summed E-state index contributed by atoms with van der Waals surface area (Å²) in [5.41, 5.74) is 7.00. The van der Waals surface area contributed by atoms with Crippen LogP contribution in [0.25, 0.3) is 10.2 Å². The quantitative estimate of drug-likeness (QED) is 0.863. The van der Waals surface area contributed by atoms with Crippen LogP contribution in [0.5, 0.6) is 0 Å². The fourth-order valence-electron chi connectivity index (χ4n) is 2.40. The number of amides is 1. The third kappa shape index (κ3) is 2.86. The molecule has 0 unspecified atom stereocenters. The molecule has 6 nitrogen and oxygen atoms in total. The lowest BCUT2D eigenvalue weighted by Crippen LogP contribution is -2.40. The van der Waals surface area contributed by atoms with Crippen molar-refractivity contribution < 1.29 is 13.2 Å². The molecule has 3 rings (SSSR count). The van der Waals surface area contributed by atoms with Gasteiger partial charge in [-0.3, -0.25) is 9.78 Å². The summed E-state index contributed by atoms with van der Waals surface area (Å²) < 4.78 is 23.6. The highest BCUT2D eigenvalue weighted by atomic mass is 32.2. The zero-order valence-electron chi connectivity index (χ0n) is 11.2. The number of nitrogens with zero attached hydrogens (tertiary/aromatic N) is 1. The molecule has 1 fully saturated rings. The Bertz CT molecular complexity index is 784. The lowest BCUT2D eigenvalue weighted by Gasteiger charge is -2.22. The van der Waals surface area contributed by atoms with Gasteiger partial charge in [0.2, 0.25) is 0 Å². The molecule has 0 spiro atoms. The van der Waals surface area contributed by atoms with Crippen molar-refractivity contribution in [1.82, 2.24) is 10.3 Å². The summed E-state index contributed by atoms with van der Waals surface area (Å²) in [5, 5.41) is 2.87. The molecule has 8 heteroatoms. The van der Waals surface area contributed by atoms with Crippen LogP contribution in [0.4, 0.5) is 5.69 Å². The summed E-state index contributed by atoms with van der Waals surface area (Å²) >= 11 is 1.30. The summed E-state index contributed by atoms with van der Waals surface area (Å²) in [4.78, 5) is 16.9. The Labute approximate surface area is 126 Å². The molecule has 0 aromatic carbocycles. The van der Waals surface area contributed by atoms with Gasteiger partial charge in [-0.1, -0.05) is 0 Å². The van der Waals surface area contributed by atoms with Gasteiger partial charge in [0.1, 0.15) is 20.2 Å². The van der Waals surface area contributed by atoms with Crippen LogP contribution in [0.1, 0.15) is 22.5 Å². The molecular weight excluding hydrogens is 310 g/mol. The van der Waals surface area contributed by atoms with E-state index >= 15 is 0 Å². The Morgan fingerprint density at radius 2 is 2.10 bits per heavy atom. The van der Waals surface area contributed by atoms with Gasteiger partial charge >= 0.3 is 0 Å². The van der Waals surface area contributed by atoms with Gasteiger partial charge in [0.15, 0.2) is 0 Å². The fraction of sp³-hybridized carbons (Fsp3) is 0.385. The average molecular weight is 325 g/mol. The van der Waals surface area contributed by atoms with Gasteiger partial charge in [-0.05, 0) is 25.0 Å². The lowest BCUT2D eigenvalue weighted by molar-refractivity contribution is 0.0939. The van der Waals surface area contributed by atoms with Gasteiger partial charge in [-0.2, -0.15) is 0 Å². The second-order valence-corrected chi connectivity index (χ2v) is 8.45. The molecule has 0 aliphatic carbocycles. The summed E-state index contributed by atoms with van der Waals surface area (Å²) in [6.07, 6.45) is 2.55. The standard InChI is InChI=1S/C13H15N3O3S2/c14-10-11-9(2-1-5-15-11)20-12(10)13(17)16-8-3-6-21(18,19)7-4-8/h1-2,5,8H,3-4,6-7,14H2,(H,16,17). The molecule has 1 aliphatic heterocycles. The maximum Gasteiger partial charge on any atom is 0.263 e. The summed E-state index contributed by atoms with van der Waals surface area (Å²) in [5.74, 6) is 0.00259. The molecular formula is C13H15N3O3S2. The lowest BCUT2D eigenvalue weighted by atomic mass is 10.1. The highest BCUT2D eigenvalue weighted by Gasteiger charge is 2.26. The van der Waals surface area contributed by atoms with E-state index in [0.717, 1.165) is 4.70 Å². The zero-order chi connectivity index (χ0) is 15.0. The van der Waals surface area contributed by atoms with Crippen molar-refractivity contribution >= 4 is 43.0 Å². The van der Waals surface area contributed by atoms with Crippen LogP contribution in [0.3, 0.4) is 0 Å². The number of hydrogen-bond donors (Lipinski definition) is 2. The normalized spacial score (nSPS) is 18.7. The van der Waals surface area contributed by atoms with Crippen LogP contribution in [0, 0.1) is 0 Å². The third-order valence-corrected chi connectivity index (χ3v) is 6.45. The van der Waals surface area contributed by atoms with Crippen LogP contribution < -0.4 is 11.1 Å². The van der Waals surface area contributed by atoms with Crippen molar-refractivity contribution in [3.63, 3.8) is 0 Å². The predicted octanol–water partition coefficient (Wildman–Crippen LogP) is 1.19. The van der Waals surface area contributed by atoms with Gasteiger partial charge in [0.25, 0.3) is 5.91 Å². The van der Waals surface area contributed by atoms with Crippen LogP contribution in [-0.2, 0) is 9.84 Å².